The van der Waals surface area contributed by atoms with E-state index in [4.69, 9.17) is 20.8 Å². The van der Waals surface area contributed by atoms with Crippen molar-refractivity contribution in [3.63, 3.8) is 0 Å². The van der Waals surface area contributed by atoms with Crippen LogP contribution in [0.15, 0.2) is 71.0 Å². The highest BCUT2D eigenvalue weighted by Gasteiger charge is 2.47. The number of aliphatic hydroxyl groups is 1. The second-order valence-corrected chi connectivity index (χ2v) is 8.53. The molecule has 2 aromatic carbocycles. The first kappa shape index (κ1) is 21.9. The van der Waals surface area contributed by atoms with E-state index in [-0.39, 0.29) is 34.2 Å². The monoisotopic (exact) mass is 476 g/mol. The minimum atomic E-state index is -0.856. The number of ketones is 1. The molecular weight excluding hydrogens is 456 g/mol. The van der Waals surface area contributed by atoms with Crippen molar-refractivity contribution < 1.29 is 23.8 Å². The van der Waals surface area contributed by atoms with Crippen LogP contribution in [0.3, 0.4) is 0 Å². The maximum atomic E-state index is 13.3. The zero-order valence-corrected chi connectivity index (χ0v) is 19.2. The Kier molecular flexibility index (Phi) is 5.42. The van der Waals surface area contributed by atoms with Crippen LogP contribution in [-0.2, 0) is 16.1 Å². The maximum Gasteiger partial charge on any atom is 0.296 e. The van der Waals surface area contributed by atoms with Gasteiger partial charge in [0.25, 0.3) is 11.7 Å². The molecule has 0 bridgehead atoms. The molecule has 1 saturated heterocycles. The van der Waals surface area contributed by atoms with Gasteiger partial charge in [-0.2, -0.15) is 0 Å². The summed E-state index contributed by atoms with van der Waals surface area (Å²) in [6.07, 6.45) is 3.26. The van der Waals surface area contributed by atoms with Crippen LogP contribution in [0.5, 0.6) is 5.75 Å². The molecule has 0 aliphatic carbocycles. The molecule has 8 heteroatoms. The molecular formula is C26H21ClN2O5. The minimum Gasteiger partial charge on any atom is -0.507 e. The molecule has 3 heterocycles. The van der Waals surface area contributed by atoms with Crippen LogP contribution < -0.4 is 4.74 Å². The van der Waals surface area contributed by atoms with Crippen LogP contribution in [0, 0.1) is 6.92 Å². The molecule has 0 saturated carbocycles. The Bertz CT molecular complexity index is 1450. The number of aliphatic hydroxyl groups excluding tert-OH is 1. The molecule has 0 radical (unpaired) electrons. The number of ether oxygens (including phenoxy) is 1. The summed E-state index contributed by atoms with van der Waals surface area (Å²) in [5.74, 6) is -1.13. The van der Waals surface area contributed by atoms with Gasteiger partial charge in [0.05, 0.1) is 42.1 Å². The van der Waals surface area contributed by atoms with Crippen molar-refractivity contribution in [2.24, 2.45) is 0 Å². The average molecular weight is 477 g/mol. The molecule has 1 aliphatic rings. The molecule has 4 aromatic rings. The summed E-state index contributed by atoms with van der Waals surface area (Å²) in [5, 5.41) is 12.6. The predicted octanol–water partition coefficient (Wildman–Crippen LogP) is 5.35. The number of para-hydroxylation sites is 1. The lowest BCUT2D eigenvalue weighted by atomic mass is 9.94. The molecule has 172 valence electrons. The number of carbonyl (C=O) groups is 2. The number of aromatic amines is 1. The van der Waals surface area contributed by atoms with Gasteiger partial charge in [0.15, 0.2) is 0 Å². The third-order valence-electron chi connectivity index (χ3n) is 6.01. The van der Waals surface area contributed by atoms with E-state index >= 15 is 0 Å². The number of H-pyrrole nitrogens is 1. The number of halogens is 1. The third-order valence-corrected chi connectivity index (χ3v) is 6.29. The molecule has 1 fully saturated rings. The van der Waals surface area contributed by atoms with E-state index in [0.29, 0.717) is 11.3 Å². The fourth-order valence-electron chi connectivity index (χ4n) is 4.51. The number of fused-ring (bicyclic) bond motifs is 1. The quantitative estimate of drug-likeness (QED) is 0.230. The van der Waals surface area contributed by atoms with Crippen molar-refractivity contribution in [2.75, 3.05) is 7.11 Å². The Balaban J connectivity index is 1.76. The summed E-state index contributed by atoms with van der Waals surface area (Å²) >= 11 is 6.35. The fraction of sp³-hybridized carbons (Fsp3) is 0.154. The number of rotatable bonds is 5. The van der Waals surface area contributed by atoms with Gasteiger partial charge in [-0.25, -0.2) is 0 Å². The van der Waals surface area contributed by atoms with Crippen molar-refractivity contribution in [1.29, 1.82) is 0 Å². The van der Waals surface area contributed by atoms with Crippen LogP contribution in [0.25, 0.3) is 16.7 Å². The summed E-state index contributed by atoms with van der Waals surface area (Å²) in [4.78, 5) is 31.2. The second-order valence-electron chi connectivity index (χ2n) is 8.12. The zero-order chi connectivity index (χ0) is 24.0. The lowest BCUT2D eigenvalue weighted by molar-refractivity contribution is -0.140. The first-order valence-electron chi connectivity index (χ1n) is 10.6. The Hall–Kier alpha value is -3.97. The summed E-state index contributed by atoms with van der Waals surface area (Å²) in [6, 6.07) is 13.5. The van der Waals surface area contributed by atoms with Gasteiger partial charge in [-0.1, -0.05) is 29.8 Å². The Labute approximate surface area is 200 Å². The summed E-state index contributed by atoms with van der Waals surface area (Å²) in [6.45, 7) is 1.87. The Morgan fingerprint density at radius 3 is 2.74 bits per heavy atom. The van der Waals surface area contributed by atoms with Crippen molar-refractivity contribution in [2.45, 2.75) is 19.5 Å². The highest BCUT2D eigenvalue weighted by molar-refractivity contribution is 6.46. The number of aromatic nitrogens is 1. The molecule has 2 N–H and O–H groups in total. The number of furan rings is 1. The number of benzene rings is 2. The highest BCUT2D eigenvalue weighted by atomic mass is 35.5. The minimum absolute atomic E-state index is 0.0405. The number of Topliss-reactive ketones (excluding diaryl/α,β-unsaturated/α-hetero) is 1. The van der Waals surface area contributed by atoms with E-state index in [2.05, 4.69) is 4.98 Å². The second kappa shape index (κ2) is 8.43. The largest absolute Gasteiger partial charge is 0.507 e. The standard InChI is InChI=1S/C26H21ClN2O5/c1-14-10-17(25(33-2)19(27)11-14)23(30)21-22(18-12-28-20-8-4-3-7-16(18)20)29(26(32)24(21)31)13-15-6-5-9-34-15/h3-12,22,28,30H,13H2,1-2H3/b23-21+. The number of aryl methyl sites for hydroxylation is 1. The Morgan fingerprint density at radius 1 is 1.21 bits per heavy atom. The number of hydrogen-bond acceptors (Lipinski definition) is 5. The van der Waals surface area contributed by atoms with Gasteiger partial charge in [0.2, 0.25) is 0 Å². The molecule has 34 heavy (non-hydrogen) atoms. The van der Waals surface area contributed by atoms with E-state index in [1.54, 1.807) is 30.5 Å². The SMILES string of the molecule is COc1c(Cl)cc(C)cc1/C(O)=C1\C(=O)C(=O)N(Cc2ccco2)C1c1c[nH]c2ccccc12. The number of amides is 1. The predicted molar refractivity (Wildman–Crippen MR) is 128 cm³/mol. The molecule has 1 amide bonds. The van der Waals surface area contributed by atoms with Crippen LogP contribution >= 0.6 is 11.6 Å². The highest BCUT2D eigenvalue weighted by Crippen LogP contribution is 2.44. The van der Waals surface area contributed by atoms with Crippen LogP contribution in [0.2, 0.25) is 5.02 Å². The lowest BCUT2D eigenvalue weighted by Crippen LogP contribution is -2.29. The van der Waals surface area contributed by atoms with Gasteiger partial charge >= 0.3 is 0 Å². The molecule has 1 atom stereocenters. The van der Waals surface area contributed by atoms with Gasteiger partial charge in [-0.15, -0.1) is 0 Å². The normalized spacial score (nSPS) is 17.6. The molecule has 1 aliphatic heterocycles. The van der Waals surface area contributed by atoms with E-state index < -0.39 is 17.7 Å². The topological polar surface area (TPSA) is 95.8 Å². The van der Waals surface area contributed by atoms with Gasteiger partial charge in [-0.3, -0.25) is 9.59 Å². The van der Waals surface area contributed by atoms with Crippen LogP contribution in [-0.4, -0.2) is 33.8 Å². The van der Waals surface area contributed by atoms with Crippen molar-refractivity contribution in [3.05, 3.63) is 94.0 Å². The lowest BCUT2D eigenvalue weighted by Gasteiger charge is -2.24. The summed E-state index contributed by atoms with van der Waals surface area (Å²) in [7, 11) is 1.43. The number of nitrogens with zero attached hydrogens (tertiary/aromatic N) is 1. The van der Waals surface area contributed by atoms with Crippen molar-refractivity contribution in [1.82, 2.24) is 9.88 Å². The summed E-state index contributed by atoms with van der Waals surface area (Å²) < 4.78 is 10.9. The van der Waals surface area contributed by atoms with E-state index in [1.807, 2.05) is 31.2 Å². The molecule has 5 rings (SSSR count). The van der Waals surface area contributed by atoms with Gasteiger partial charge < -0.3 is 24.1 Å². The Morgan fingerprint density at radius 2 is 2.00 bits per heavy atom. The number of nitrogens with one attached hydrogen (secondary N) is 1. The first-order valence-corrected chi connectivity index (χ1v) is 11.0. The van der Waals surface area contributed by atoms with Gasteiger partial charge in [-0.05, 0) is 42.8 Å². The van der Waals surface area contributed by atoms with Crippen molar-refractivity contribution in [3.8, 4) is 5.75 Å². The molecule has 7 nitrogen and oxygen atoms in total. The number of likely N-dealkylation sites (tertiary alicyclic amines) is 1. The molecule has 2 aromatic heterocycles. The smallest absolute Gasteiger partial charge is 0.296 e. The third kappa shape index (κ3) is 3.45. The van der Waals surface area contributed by atoms with Gasteiger partial charge in [0.1, 0.15) is 17.3 Å². The van der Waals surface area contributed by atoms with Crippen molar-refractivity contribution >= 4 is 40.0 Å². The fourth-order valence-corrected chi connectivity index (χ4v) is 4.87. The van der Waals surface area contributed by atoms with Crippen LogP contribution in [0.4, 0.5) is 0 Å². The van der Waals surface area contributed by atoms with E-state index in [1.165, 1.54) is 18.3 Å². The number of carbonyl (C=O) groups excluding carboxylic acids is 2. The van der Waals surface area contributed by atoms with Gasteiger partial charge in [0, 0.05) is 22.7 Å². The van der Waals surface area contributed by atoms with E-state index in [0.717, 1.165) is 16.5 Å². The maximum absolute atomic E-state index is 13.3. The average Bonchev–Trinajstić information content (AvgIpc) is 3.54. The summed E-state index contributed by atoms with van der Waals surface area (Å²) in [5.41, 5.74) is 2.49. The van der Waals surface area contributed by atoms with Crippen LogP contribution in [0.1, 0.15) is 28.5 Å². The number of methoxy groups -OCH3 is 1. The first-order chi connectivity index (χ1) is 16.4. The number of hydrogen-bond donors (Lipinski definition) is 2. The molecule has 0 spiro atoms. The zero-order valence-electron chi connectivity index (χ0n) is 18.5. The van der Waals surface area contributed by atoms with E-state index in [9.17, 15) is 14.7 Å². The molecule has 1 unspecified atom stereocenters.